The predicted molar refractivity (Wildman–Crippen MR) is 145 cm³/mol. The summed E-state index contributed by atoms with van der Waals surface area (Å²) in [4.78, 5) is 43.5. The summed E-state index contributed by atoms with van der Waals surface area (Å²) in [5.74, 6) is 1.16. The summed E-state index contributed by atoms with van der Waals surface area (Å²) < 4.78 is 26.0. The summed E-state index contributed by atoms with van der Waals surface area (Å²) >= 11 is 0. The van der Waals surface area contributed by atoms with Gasteiger partial charge in [0.1, 0.15) is 17.6 Å². The monoisotopic (exact) mass is 544 g/mol. The first kappa shape index (κ1) is 28.3. The number of halogens is 1. The molecule has 39 heavy (non-hydrogen) atoms. The number of carbonyl (C=O) groups excluding carboxylic acids is 2. The highest BCUT2D eigenvalue weighted by molar-refractivity contribution is 5.88. The number of hydrogen-bond acceptors (Lipinski definition) is 9. The van der Waals surface area contributed by atoms with E-state index in [4.69, 9.17) is 9.47 Å². The number of urea groups is 1. The Morgan fingerprint density at radius 3 is 2.64 bits per heavy atom. The lowest BCUT2D eigenvalue weighted by Gasteiger charge is -2.40. The van der Waals surface area contributed by atoms with Gasteiger partial charge in [-0.15, -0.1) is 0 Å². The molecule has 13 heteroatoms. The third-order valence-corrected chi connectivity index (χ3v) is 7.17. The van der Waals surface area contributed by atoms with Crippen LogP contribution >= 0.6 is 0 Å². The number of piperidine rings is 2. The molecule has 4 rings (SSSR count). The quantitative estimate of drug-likeness (QED) is 0.540. The molecular formula is C26H37FN8O4. The van der Waals surface area contributed by atoms with E-state index in [1.165, 1.54) is 17.3 Å². The molecule has 2 saturated heterocycles. The highest BCUT2D eigenvalue weighted by Gasteiger charge is 2.35. The van der Waals surface area contributed by atoms with E-state index in [9.17, 15) is 14.0 Å². The van der Waals surface area contributed by atoms with E-state index in [-0.39, 0.29) is 18.8 Å². The molecule has 2 aliphatic heterocycles. The first-order valence-corrected chi connectivity index (χ1v) is 13.2. The van der Waals surface area contributed by atoms with Gasteiger partial charge >= 0.3 is 12.1 Å². The molecule has 0 aliphatic carbocycles. The van der Waals surface area contributed by atoms with Gasteiger partial charge in [-0.25, -0.2) is 28.9 Å². The van der Waals surface area contributed by atoms with Crippen LogP contribution in [0.3, 0.4) is 0 Å². The van der Waals surface area contributed by atoms with Crippen LogP contribution in [0.5, 0.6) is 5.88 Å². The Bertz CT molecular complexity index is 1130. The van der Waals surface area contributed by atoms with Crippen molar-refractivity contribution in [3.63, 3.8) is 0 Å². The maximum absolute atomic E-state index is 15.0. The molecule has 2 N–H and O–H groups in total. The molecule has 2 aliphatic rings. The van der Waals surface area contributed by atoms with Gasteiger partial charge in [-0.05, 0) is 46.2 Å². The minimum Gasteiger partial charge on any atom is -0.477 e. The van der Waals surface area contributed by atoms with Gasteiger partial charge in [0.25, 0.3) is 0 Å². The van der Waals surface area contributed by atoms with E-state index in [0.29, 0.717) is 30.5 Å². The van der Waals surface area contributed by atoms with Crippen LogP contribution in [0.4, 0.5) is 31.3 Å². The maximum atomic E-state index is 15.0. The van der Waals surface area contributed by atoms with Crippen LogP contribution in [-0.4, -0.2) is 102 Å². The second-order valence-corrected chi connectivity index (χ2v) is 10.2. The van der Waals surface area contributed by atoms with Crippen LogP contribution in [-0.2, 0) is 4.74 Å². The van der Waals surface area contributed by atoms with Crippen LogP contribution in [0.1, 0.15) is 33.1 Å². The Hall–Kier alpha value is -3.74. The molecule has 0 radical (unpaired) electrons. The zero-order valence-corrected chi connectivity index (χ0v) is 22.9. The molecule has 3 amide bonds. The molecule has 212 valence electrons. The van der Waals surface area contributed by atoms with Crippen molar-refractivity contribution in [2.24, 2.45) is 0 Å². The van der Waals surface area contributed by atoms with Crippen LogP contribution in [0.15, 0.2) is 30.7 Å². The molecule has 4 heterocycles. The van der Waals surface area contributed by atoms with Crippen molar-refractivity contribution in [3.05, 3.63) is 30.7 Å². The third-order valence-electron chi connectivity index (χ3n) is 7.17. The Morgan fingerprint density at radius 1 is 1.18 bits per heavy atom. The van der Waals surface area contributed by atoms with Gasteiger partial charge in [0.05, 0.1) is 25.0 Å². The summed E-state index contributed by atoms with van der Waals surface area (Å²) in [6, 6.07) is 2.18. The number of alkyl halides is 1. The number of anilines is 3. The van der Waals surface area contributed by atoms with Gasteiger partial charge in [-0.3, -0.25) is 10.6 Å². The number of amides is 3. The van der Waals surface area contributed by atoms with Gasteiger partial charge in [0.15, 0.2) is 5.82 Å². The van der Waals surface area contributed by atoms with E-state index >= 15 is 0 Å². The zero-order valence-electron chi connectivity index (χ0n) is 22.9. The van der Waals surface area contributed by atoms with E-state index in [0.717, 1.165) is 25.9 Å². The van der Waals surface area contributed by atoms with Crippen LogP contribution in [0.2, 0.25) is 0 Å². The zero-order chi connectivity index (χ0) is 28.0. The number of likely N-dealkylation sites (N-methyl/N-ethyl adjacent to an activating group) is 1. The van der Waals surface area contributed by atoms with Gasteiger partial charge in [0, 0.05) is 51.2 Å². The highest BCUT2D eigenvalue weighted by Crippen LogP contribution is 2.27. The minimum absolute atomic E-state index is 0.222. The van der Waals surface area contributed by atoms with E-state index < -0.39 is 29.9 Å². The number of pyridine rings is 1. The molecular weight excluding hydrogens is 507 g/mol. The number of nitrogens with one attached hydrogen (secondary N) is 2. The Kier molecular flexibility index (Phi) is 9.00. The Morgan fingerprint density at radius 2 is 1.95 bits per heavy atom. The van der Waals surface area contributed by atoms with E-state index in [1.54, 1.807) is 25.4 Å². The minimum atomic E-state index is -1.21. The van der Waals surface area contributed by atoms with Gasteiger partial charge < -0.3 is 24.2 Å². The predicted octanol–water partition coefficient (Wildman–Crippen LogP) is 3.38. The number of nitrogens with zero attached hydrogens (tertiary/aromatic N) is 6. The van der Waals surface area contributed by atoms with Crippen LogP contribution in [0.25, 0.3) is 0 Å². The van der Waals surface area contributed by atoms with Gasteiger partial charge in [-0.1, -0.05) is 0 Å². The fourth-order valence-corrected chi connectivity index (χ4v) is 4.66. The van der Waals surface area contributed by atoms with Crippen molar-refractivity contribution >= 4 is 29.4 Å². The number of carbonyl (C=O) groups is 2. The summed E-state index contributed by atoms with van der Waals surface area (Å²) in [6.07, 6.45) is 4.41. The van der Waals surface area contributed by atoms with Gasteiger partial charge in [0.2, 0.25) is 5.88 Å². The lowest BCUT2D eigenvalue weighted by molar-refractivity contribution is -0.0111. The molecule has 2 fully saturated rings. The van der Waals surface area contributed by atoms with E-state index in [2.05, 4.69) is 37.5 Å². The SMILES string of the molecule is CCOc1cnc(NC(=O)N(C)[C@H]2CN(c3cc(NC(=O)OC4(C)CCN(C)CC4)ccn3)CC[C@H]2F)cn1. The van der Waals surface area contributed by atoms with Gasteiger partial charge in [-0.2, -0.15) is 0 Å². The van der Waals surface area contributed by atoms with Crippen molar-refractivity contribution in [2.45, 2.75) is 50.9 Å². The van der Waals surface area contributed by atoms with Crippen molar-refractivity contribution in [2.75, 3.05) is 62.4 Å². The molecule has 0 aromatic carbocycles. The number of rotatable bonds is 7. The maximum Gasteiger partial charge on any atom is 0.412 e. The standard InChI is InChI=1S/C26H37FN8O4/c1-5-38-23-16-29-21(15-30-23)32-24(36)34(4)20-17-35(11-7-19(20)27)22-14-18(6-10-28-22)31-25(37)39-26(2)8-12-33(3)13-9-26/h6,10,14-16,19-20H,5,7-9,11-13,17H2,1-4H3,(H,28,31,37)(H,29,32,36)/t19-,20+/m1/s1. The average molecular weight is 545 g/mol. The second-order valence-electron chi connectivity index (χ2n) is 10.2. The normalized spacial score (nSPS) is 21.1. The molecule has 2 atom stereocenters. The fraction of sp³-hybridized carbons (Fsp3) is 0.577. The largest absolute Gasteiger partial charge is 0.477 e. The van der Waals surface area contributed by atoms with Crippen molar-refractivity contribution < 1.29 is 23.5 Å². The van der Waals surface area contributed by atoms with Crippen molar-refractivity contribution in [1.82, 2.24) is 24.8 Å². The smallest absolute Gasteiger partial charge is 0.412 e. The van der Waals surface area contributed by atoms with E-state index in [1.807, 2.05) is 18.7 Å². The highest BCUT2D eigenvalue weighted by atomic mass is 19.1. The second kappa shape index (κ2) is 12.4. The molecule has 2 aromatic heterocycles. The van der Waals surface area contributed by atoms with Crippen molar-refractivity contribution in [1.29, 1.82) is 0 Å². The number of ether oxygens (including phenoxy) is 2. The summed E-state index contributed by atoms with van der Waals surface area (Å²) in [5.41, 5.74) is 0.0192. The Labute approximate surface area is 227 Å². The molecule has 0 bridgehead atoms. The summed E-state index contributed by atoms with van der Waals surface area (Å²) in [7, 11) is 3.60. The van der Waals surface area contributed by atoms with Crippen LogP contribution in [0, 0.1) is 0 Å². The first-order valence-electron chi connectivity index (χ1n) is 13.2. The Balaban J connectivity index is 1.35. The average Bonchev–Trinajstić information content (AvgIpc) is 2.91. The molecule has 12 nitrogen and oxygen atoms in total. The molecule has 0 saturated carbocycles. The number of hydrogen-bond donors (Lipinski definition) is 2. The lowest BCUT2D eigenvalue weighted by atomic mass is 9.94. The summed E-state index contributed by atoms with van der Waals surface area (Å²) in [5, 5.41) is 5.44. The van der Waals surface area contributed by atoms with Crippen molar-refractivity contribution in [3.8, 4) is 5.88 Å². The summed E-state index contributed by atoms with van der Waals surface area (Å²) in [6.45, 7) is 6.63. The molecule has 0 spiro atoms. The molecule has 2 aromatic rings. The topological polar surface area (TPSA) is 125 Å². The fourth-order valence-electron chi connectivity index (χ4n) is 4.66. The van der Waals surface area contributed by atoms with Crippen LogP contribution < -0.4 is 20.3 Å². The first-order chi connectivity index (χ1) is 18.7. The number of aromatic nitrogens is 3. The molecule has 0 unspecified atom stereocenters. The number of likely N-dealkylation sites (tertiary alicyclic amines) is 1. The lowest BCUT2D eigenvalue weighted by Crippen LogP contribution is -2.55. The third kappa shape index (κ3) is 7.43.